The van der Waals surface area contributed by atoms with Gasteiger partial charge in [0.15, 0.2) is 11.5 Å². The molecular formula is C33H52N8O2. The maximum atomic E-state index is 12.4. The molecule has 0 bridgehead atoms. The average molecular weight is 593 g/mol. The lowest BCUT2D eigenvalue weighted by molar-refractivity contribution is -0.0390. The number of likely N-dealkylation sites (N-methyl/N-ethyl adjacent to an activating group) is 1. The first-order chi connectivity index (χ1) is 20.6. The number of amides is 1. The van der Waals surface area contributed by atoms with Crippen molar-refractivity contribution in [2.45, 2.75) is 90.3 Å². The summed E-state index contributed by atoms with van der Waals surface area (Å²) >= 11 is 0. The van der Waals surface area contributed by atoms with Gasteiger partial charge in [-0.3, -0.25) is 9.69 Å². The molecule has 5 rings (SSSR count). The van der Waals surface area contributed by atoms with Crippen molar-refractivity contribution in [2.24, 2.45) is 11.7 Å². The van der Waals surface area contributed by atoms with Crippen LogP contribution in [0.4, 0.5) is 23.0 Å². The number of rotatable bonds is 9. The number of aromatic nitrogens is 2. The van der Waals surface area contributed by atoms with Gasteiger partial charge in [-0.2, -0.15) is 0 Å². The lowest BCUT2D eigenvalue weighted by atomic mass is 9.75. The molecule has 10 heteroatoms. The summed E-state index contributed by atoms with van der Waals surface area (Å²) in [6.07, 6.45) is 6.22. The minimum absolute atomic E-state index is 0.146. The Morgan fingerprint density at radius 1 is 1.05 bits per heavy atom. The third kappa shape index (κ3) is 7.24. The summed E-state index contributed by atoms with van der Waals surface area (Å²) in [7, 11) is 2.21. The van der Waals surface area contributed by atoms with E-state index >= 15 is 0 Å². The van der Waals surface area contributed by atoms with Crippen LogP contribution in [-0.2, 0) is 6.42 Å². The van der Waals surface area contributed by atoms with Crippen LogP contribution in [0.25, 0.3) is 0 Å². The molecule has 236 valence electrons. The van der Waals surface area contributed by atoms with E-state index in [1.807, 2.05) is 6.92 Å². The highest BCUT2D eigenvalue weighted by Gasteiger charge is 2.36. The molecule has 10 nitrogen and oxygen atoms in total. The number of benzene rings is 1. The highest BCUT2D eigenvalue weighted by Crippen LogP contribution is 2.36. The van der Waals surface area contributed by atoms with Crippen molar-refractivity contribution in [3.05, 3.63) is 35.2 Å². The van der Waals surface area contributed by atoms with Gasteiger partial charge in [0.25, 0.3) is 5.91 Å². The Bertz CT molecular complexity index is 1260. The highest BCUT2D eigenvalue weighted by molar-refractivity contribution is 5.96. The van der Waals surface area contributed by atoms with Gasteiger partial charge in [0, 0.05) is 62.7 Å². The molecule has 1 saturated carbocycles. The van der Waals surface area contributed by atoms with Crippen molar-refractivity contribution >= 4 is 28.9 Å². The molecule has 0 radical (unpaired) electrons. The first-order valence-corrected chi connectivity index (χ1v) is 16.3. The molecule has 3 heterocycles. The van der Waals surface area contributed by atoms with Gasteiger partial charge in [-0.15, -0.1) is 0 Å². The predicted octanol–water partition coefficient (Wildman–Crippen LogP) is 4.15. The summed E-state index contributed by atoms with van der Waals surface area (Å²) in [6, 6.07) is 7.20. The summed E-state index contributed by atoms with van der Waals surface area (Å²) in [5.74, 6) is 0.662. The predicted molar refractivity (Wildman–Crippen MR) is 174 cm³/mol. The van der Waals surface area contributed by atoms with Crippen molar-refractivity contribution in [1.29, 1.82) is 0 Å². The van der Waals surface area contributed by atoms with Crippen LogP contribution in [0.5, 0.6) is 0 Å². The molecule has 3 fully saturated rings. The summed E-state index contributed by atoms with van der Waals surface area (Å²) in [5, 5.41) is 17.8. The van der Waals surface area contributed by atoms with Crippen LogP contribution in [0.1, 0.15) is 81.0 Å². The van der Waals surface area contributed by atoms with Crippen molar-refractivity contribution in [2.75, 3.05) is 61.8 Å². The summed E-state index contributed by atoms with van der Waals surface area (Å²) < 4.78 is 0. The van der Waals surface area contributed by atoms with Crippen LogP contribution < -0.4 is 21.3 Å². The monoisotopic (exact) mass is 592 g/mol. The topological polar surface area (TPSA) is 123 Å². The molecule has 0 unspecified atom stereocenters. The number of hydrogen-bond acceptors (Lipinski definition) is 9. The number of nitrogens with one attached hydrogen (secondary N) is 2. The van der Waals surface area contributed by atoms with Crippen molar-refractivity contribution in [1.82, 2.24) is 19.8 Å². The van der Waals surface area contributed by atoms with Crippen LogP contribution >= 0.6 is 0 Å². The second kappa shape index (κ2) is 13.4. The first kappa shape index (κ1) is 31.5. The van der Waals surface area contributed by atoms with Crippen molar-refractivity contribution < 1.29 is 9.90 Å². The molecule has 5 N–H and O–H groups in total. The van der Waals surface area contributed by atoms with Gasteiger partial charge in [0.1, 0.15) is 5.82 Å². The molecule has 1 amide bonds. The van der Waals surface area contributed by atoms with Gasteiger partial charge in [-0.05, 0) is 88.6 Å². The van der Waals surface area contributed by atoms with Crippen molar-refractivity contribution in [3.8, 4) is 0 Å². The maximum Gasteiger partial charge on any atom is 0.271 e. The molecule has 0 atom stereocenters. The smallest absolute Gasteiger partial charge is 0.271 e. The number of nitrogens with zero attached hydrogens (tertiary/aromatic N) is 5. The van der Waals surface area contributed by atoms with E-state index in [0.29, 0.717) is 24.1 Å². The number of piperazine rings is 1. The number of piperidine rings is 1. The number of carbonyl (C=O) groups is 1. The van der Waals surface area contributed by atoms with Crippen LogP contribution in [0.3, 0.4) is 0 Å². The molecule has 2 aromatic rings. The average Bonchev–Trinajstić information content (AvgIpc) is 2.99. The molecule has 1 aliphatic carbocycles. The fourth-order valence-electron chi connectivity index (χ4n) is 7.01. The van der Waals surface area contributed by atoms with Gasteiger partial charge < -0.3 is 31.3 Å². The van der Waals surface area contributed by atoms with Crippen LogP contribution in [0.15, 0.2) is 18.2 Å². The van der Waals surface area contributed by atoms with Crippen molar-refractivity contribution in [3.63, 3.8) is 0 Å². The Hall–Kier alpha value is -2.95. The lowest BCUT2D eigenvalue weighted by Gasteiger charge is -2.43. The zero-order valence-corrected chi connectivity index (χ0v) is 26.8. The van der Waals surface area contributed by atoms with E-state index in [4.69, 9.17) is 10.7 Å². The fourth-order valence-corrected chi connectivity index (χ4v) is 7.01. The Morgan fingerprint density at radius 3 is 2.30 bits per heavy atom. The standard InChI is InChI=1S/C33H52N8O2/c1-6-27-31(35-24-9-13-33(43,14-10-24)22(2)3)38-32(29(37-27)30(34)42)36-25-7-8-28(23(4)21-25)41-15-11-26(12-16-41)40-19-17-39(5)18-20-40/h7-8,21-22,24,26,43H,6,9-20H2,1-5H3,(H2,34,42)(H2,35,36,38)/t24-,33+. The summed E-state index contributed by atoms with van der Waals surface area (Å²) in [5.41, 5.74) is 9.31. The van der Waals surface area contributed by atoms with Gasteiger partial charge >= 0.3 is 0 Å². The molecule has 3 aliphatic rings. The Kier molecular flexibility index (Phi) is 9.78. The summed E-state index contributed by atoms with van der Waals surface area (Å²) in [6.45, 7) is 15.1. The second-order valence-corrected chi connectivity index (χ2v) is 13.3. The molecule has 1 aromatic heterocycles. The second-order valence-electron chi connectivity index (χ2n) is 13.3. The fraction of sp³-hybridized carbons (Fsp3) is 0.667. The Labute approximate surface area is 257 Å². The van der Waals surface area contributed by atoms with Crippen LogP contribution in [0.2, 0.25) is 0 Å². The molecule has 43 heavy (non-hydrogen) atoms. The first-order valence-electron chi connectivity index (χ1n) is 16.3. The quantitative estimate of drug-likeness (QED) is 0.340. The van der Waals surface area contributed by atoms with E-state index in [9.17, 15) is 9.90 Å². The van der Waals surface area contributed by atoms with E-state index in [1.165, 1.54) is 37.2 Å². The number of carbonyl (C=O) groups excluding carboxylic acids is 1. The van der Waals surface area contributed by atoms with Gasteiger partial charge in [0.2, 0.25) is 0 Å². The third-order valence-corrected chi connectivity index (χ3v) is 10.1. The highest BCUT2D eigenvalue weighted by atomic mass is 16.3. The number of aryl methyl sites for hydroxylation is 2. The van der Waals surface area contributed by atoms with Gasteiger partial charge in [-0.1, -0.05) is 20.8 Å². The lowest BCUT2D eigenvalue weighted by Crippen LogP contribution is -2.52. The van der Waals surface area contributed by atoms with E-state index < -0.39 is 11.5 Å². The minimum atomic E-state index is -0.607. The van der Waals surface area contributed by atoms with E-state index in [-0.39, 0.29) is 17.7 Å². The number of anilines is 4. The number of hydrogen-bond donors (Lipinski definition) is 4. The zero-order chi connectivity index (χ0) is 30.7. The van der Waals surface area contributed by atoms with Gasteiger partial charge in [-0.25, -0.2) is 9.97 Å². The molecular weight excluding hydrogens is 540 g/mol. The van der Waals surface area contributed by atoms with Crippen LogP contribution in [-0.4, -0.2) is 94.8 Å². The van der Waals surface area contributed by atoms with Crippen LogP contribution in [0, 0.1) is 12.8 Å². The number of primary amides is 1. The molecule has 2 aliphatic heterocycles. The zero-order valence-electron chi connectivity index (χ0n) is 26.8. The Morgan fingerprint density at radius 2 is 1.72 bits per heavy atom. The van der Waals surface area contributed by atoms with E-state index in [1.54, 1.807) is 0 Å². The van der Waals surface area contributed by atoms with Gasteiger partial charge in [0.05, 0.1) is 11.3 Å². The molecule has 1 aromatic carbocycles. The van der Waals surface area contributed by atoms with E-state index in [0.717, 1.165) is 63.2 Å². The Balaban J connectivity index is 1.27. The number of aliphatic hydroxyl groups is 1. The molecule has 0 spiro atoms. The third-order valence-electron chi connectivity index (χ3n) is 10.1. The summed E-state index contributed by atoms with van der Waals surface area (Å²) in [4.78, 5) is 29.5. The largest absolute Gasteiger partial charge is 0.390 e. The normalized spacial score (nSPS) is 24.3. The number of nitrogens with two attached hydrogens (primary N) is 1. The SMILES string of the molecule is CCc1nc(C(N)=O)c(Nc2ccc(N3CCC(N4CCN(C)CC4)CC3)c(C)c2)nc1N[C@H]1CC[C@](O)(C(C)C)CC1. The minimum Gasteiger partial charge on any atom is -0.390 e. The maximum absolute atomic E-state index is 12.4. The molecule has 2 saturated heterocycles. The van der Waals surface area contributed by atoms with E-state index in [2.05, 4.69) is 76.3 Å².